The van der Waals surface area contributed by atoms with Crippen LogP contribution in [0.3, 0.4) is 0 Å². The average Bonchev–Trinajstić information content (AvgIpc) is 3.12. The SMILES string of the molecule is COc1cc2c(-c3ccccc3)c(C)oc2cc1CN1CCN(CCOCCO)CC1. The Labute approximate surface area is 184 Å². The molecule has 0 bridgehead atoms. The van der Waals surface area contributed by atoms with E-state index in [0.29, 0.717) is 13.2 Å². The Kier molecular flexibility index (Phi) is 7.25. The van der Waals surface area contributed by atoms with Gasteiger partial charge in [0.1, 0.15) is 17.1 Å². The molecule has 1 aliphatic heterocycles. The predicted octanol–water partition coefficient (Wildman–Crippen LogP) is 3.54. The normalized spacial score (nSPS) is 15.6. The second-order valence-electron chi connectivity index (χ2n) is 8.01. The summed E-state index contributed by atoms with van der Waals surface area (Å²) in [5, 5.41) is 9.89. The summed E-state index contributed by atoms with van der Waals surface area (Å²) in [7, 11) is 1.74. The van der Waals surface area contributed by atoms with Gasteiger partial charge >= 0.3 is 0 Å². The Morgan fingerprint density at radius 2 is 1.74 bits per heavy atom. The molecule has 1 aromatic heterocycles. The Balaban J connectivity index is 1.47. The molecule has 2 aromatic carbocycles. The van der Waals surface area contributed by atoms with Crippen LogP contribution in [0.1, 0.15) is 11.3 Å². The van der Waals surface area contributed by atoms with Crippen LogP contribution in [0.5, 0.6) is 5.75 Å². The van der Waals surface area contributed by atoms with Crippen molar-refractivity contribution in [2.24, 2.45) is 0 Å². The third-order valence-corrected chi connectivity index (χ3v) is 5.98. The fourth-order valence-corrected chi connectivity index (χ4v) is 4.34. The number of ether oxygens (including phenoxy) is 2. The van der Waals surface area contributed by atoms with Gasteiger partial charge < -0.3 is 19.0 Å². The molecule has 1 saturated heterocycles. The first kappa shape index (κ1) is 21.8. The van der Waals surface area contributed by atoms with Crippen molar-refractivity contribution in [3.63, 3.8) is 0 Å². The maximum Gasteiger partial charge on any atom is 0.135 e. The first-order chi connectivity index (χ1) is 15.2. The van der Waals surface area contributed by atoms with Crippen molar-refractivity contribution < 1.29 is 19.0 Å². The molecular formula is C25H32N2O4. The maximum atomic E-state index is 8.80. The van der Waals surface area contributed by atoms with Gasteiger partial charge in [-0.15, -0.1) is 0 Å². The molecule has 0 aliphatic carbocycles. The zero-order valence-electron chi connectivity index (χ0n) is 18.5. The van der Waals surface area contributed by atoms with E-state index in [0.717, 1.165) is 78.4 Å². The number of nitrogens with zero attached hydrogens (tertiary/aromatic N) is 2. The van der Waals surface area contributed by atoms with Crippen molar-refractivity contribution >= 4 is 11.0 Å². The number of hydrogen-bond donors (Lipinski definition) is 1. The highest BCUT2D eigenvalue weighted by molar-refractivity contribution is 5.97. The molecule has 0 spiro atoms. The zero-order chi connectivity index (χ0) is 21.6. The quantitative estimate of drug-likeness (QED) is 0.530. The largest absolute Gasteiger partial charge is 0.496 e. The van der Waals surface area contributed by atoms with Crippen LogP contribution in [0.4, 0.5) is 0 Å². The van der Waals surface area contributed by atoms with E-state index in [4.69, 9.17) is 19.0 Å². The lowest BCUT2D eigenvalue weighted by Gasteiger charge is -2.34. The number of furan rings is 1. The summed E-state index contributed by atoms with van der Waals surface area (Å²) in [5.74, 6) is 1.84. The summed E-state index contributed by atoms with van der Waals surface area (Å²) < 4.78 is 17.3. The first-order valence-corrected chi connectivity index (χ1v) is 11.0. The molecule has 166 valence electrons. The van der Waals surface area contributed by atoms with Crippen LogP contribution in [0.25, 0.3) is 22.1 Å². The lowest BCUT2D eigenvalue weighted by atomic mass is 10.0. The Bertz CT molecular complexity index is 978. The van der Waals surface area contributed by atoms with E-state index < -0.39 is 0 Å². The molecule has 1 aliphatic rings. The monoisotopic (exact) mass is 424 g/mol. The molecule has 4 rings (SSSR count). The Morgan fingerprint density at radius 3 is 2.45 bits per heavy atom. The van der Waals surface area contributed by atoms with Crippen molar-refractivity contribution in [1.82, 2.24) is 9.80 Å². The van der Waals surface area contributed by atoms with Gasteiger partial charge in [-0.25, -0.2) is 0 Å². The van der Waals surface area contributed by atoms with Crippen molar-refractivity contribution in [2.75, 3.05) is 59.7 Å². The van der Waals surface area contributed by atoms with Crippen molar-refractivity contribution in [3.05, 3.63) is 53.8 Å². The Hall–Kier alpha value is -2.38. The van der Waals surface area contributed by atoms with Crippen LogP contribution in [-0.2, 0) is 11.3 Å². The smallest absolute Gasteiger partial charge is 0.135 e. The highest BCUT2D eigenvalue weighted by atomic mass is 16.5. The van der Waals surface area contributed by atoms with Crippen molar-refractivity contribution in [1.29, 1.82) is 0 Å². The number of aliphatic hydroxyl groups excluding tert-OH is 1. The van der Waals surface area contributed by atoms with Crippen molar-refractivity contribution in [2.45, 2.75) is 13.5 Å². The van der Waals surface area contributed by atoms with Gasteiger partial charge in [-0.2, -0.15) is 0 Å². The minimum absolute atomic E-state index is 0.0853. The van der Waals surface area contributed by atoms with Gasteiger partial charge in [0.2, 0.25) is 0 Å². The molecule has 0 radical (unpaired) electrons. The number of fused-ring (bicyclic) bond motifs is 1. The molecule has 31 heavy (non-hydrogen) atoms. The van der Waals surface area contributed by atoms with Crippen LogP contribution < -0.4 is 4.74 Å². The van der Waals surface area contributed by atoms with E-state index in [1.54, 1.807) is 7.11 Å². The number of aryl methyl sites for hydroxylation is 1. The minimum atomic E-state index is 0.0853. The first-order valence-electron chi connectivity index (χ1n) is 11.0. The summed E-state index contributed by atoms with van der Waals surface area (Å²) in [6.45, 7) is 9.01. The topological polar surface area (TPSA) is 58.3 Å². The second kappa shape index (κ2) is 10.3. The average molecular weight is 425 g/mol. The molecule has 1 fully saturated rings. The summed E-state index contributed by atoms with van der Waals surface area (Å²) in [5.41, 5.74) is 4.36. The molecular weight excluding hydrogens is 392 g/mol. The zero-order valence-corrected chi connectivity index (χ0v) is 18.5. The molecule has 6 nitrogen and oxygen atoms in total. The minimum Gasteiger partial charge on any atom is -0.496 e. The van der Waals surface area contributed by atoms with Crippen LogP contribution in [0, 0.1) is 6.92 Å². The van der Waals surface area contributed by atoms with E-state index in [2.05, 4.69) is 46.2 Å². The molecule has 1 N–H and O–H groups in total. The number of piperazine rings is 1. The lowest BCUT2D eigenvalue weighted by Crippen LogP contribution is -2.46. The fraction of sp³-hybridized carbons (Fsp3) is 0.440. The summed E-state index contributed by atoms with van der Waals surface area (Å²) in [6, 6.07) is 14.6. The molecule has 0 saturated carbocycles. The summed E-state index contributed by atoms with van der Waals surface area (Å²) in [6.07, 6.45) is 0. The van der Waals surface area contributed by atoms with E-state index in [9.17, 15) is 0 Å². The van der Waals surface area contributed by atoms with Gasteiger partial charge in [0.25, 0.3) is 0 Å². The van der Waals surface area contributed by atoms with E-state index in [-0.39, 0.29) is 6.61 Å². The molecule has 6 heteroatoms. The molecule has 2 heterocycles. The van der Waals surface area contributed by atoms with Crippen LogP contribution in [0.15, 0.2) is 46.9 Å². The highest BCUT2D eigenvalue weighted by Crippen LogP contribution is 2.38. The highest BCUT2D eigenvalue weighted by Gasteiger charge is 2.20. The fourth-order valence-electron chi connectivity index (χ4n) is 4.34. The molecule has 0 unspecified atom stereocenters. The van der Waals surface area contributed by atoms with E-state index in [1.165, 1.54) is 0 Å². The summed E-state index contributed by atoms with van der Waals surface area (Å²) >= 11 is 0. The van der Waals surface area contributed by atoms with E-state index >= 15 is 0 Å². The van der Waals surface area contributed by atoms with Crippen molar-refractivity contribution in [3.8, 4) is 16.9 Å². The van der Waals surface area contributed by atoms with Gasteiger partial charge in [-0.05, 0) is 24.6 Å². The molecule has 0 amide bonds. The number of benzene rings is 2. The summed E-state index contributed by atoms with van der Waals surface area (Å²) in [4.78, 5) is 4.87. The van der Waals surface area contributed by atoms with Gasteiger partial charge in [-0.1, -0.05) is 30.3 Å². The van der Waals surface area contributed by atoms with Crippen LogP contribution in [0.2, 0.25) is 0 Å². The number of hydrogen-bond acceptors (Lipinski definition) is 6. The number of methoxy groups -OCH3 is 1. The number of aliphatic hydroxyl groups is 1. The van der Waals surface area contributed by atoms with Gasteiger partial charge in [0.15, 0.2) is 0 Å². The lowest BCUT2D eigenvalue weighted by molar-refractivity contribution is 0.0562. The third kappa shape index (κ3) is 5.10. The van der Waals surface area contributed by atoms with E-state index in [1.807, 2.05) is 13.0 Å². The van der Waals surface area contributed by atoms with Crippen LogP contribution in [-0.4, -0.2) is 74.6 Å². The Morgan fingerprint density at radius 1 is 1.00 bits per heavy atom. The predicted molar refractivity (Wildman–Crippen MR) is 123 cm³/mol. The van der Waals surface area contributed by atoms with Gasteiger partial charge in [0, 0.05) is 55.8 Å². The van der Waals surface area contributed by atoms with Gasteiger partial charge in [0.05, 0.1) is 26.9 Å². The molecule has 3 aromatic rings. The maximum absolute atomic E-state index is 8.80. The standard InChI is InChI=1S/C25H32N2O4/c1-19-25(20-6-4-3-5-7-20)22-17-23(29-2)21(16-24(22)31-19)18-27-10-8-26(9-11-27)12-14-30-15-13-28/h3-7,16-17,28H,8-15,18H2,1-2H3. The third-order valence-electron chi connectivity index (χ3n) is 5.98. The molecule has 0 atom stereocenters. The van der Waals surface area contributed by atoms with Gasteiger partial charge in [-0.3, -0.25) is 9.80 Å². The second-order valence-corrected chi connectivity index (χ2v) is 8.01. The number of rotatable bonds is 9. The van der Waals surface area contributed by atoms with Crippen LogP contribution >= 0.6 is 0 Å².